The Balaban J connectivity index is 1.22. The molecule has 1 aliphatic carbocycles. The molecule has 0 bridgehead atoms. The highest BCUT2D eigenvalue weighted by molar-refractivity contribution is 7.18. The van der Waals surface area contributed by atoms with Crippen LogP contribution in [0.3, 0.4) is 0 Å². The number of hydrogen-bond acceptors (Lipinski definition) is 9. The van der Waals surface area contributed by atoms with E-state index < -0.39 is 11.9 Å². The monoisotopic (exact) mass is 563 g/mol. The number of aromatic amines is 1. The summed E-state index contributed by atoms with van der Waals surface area (Å²) >= 11 is 1.54. The molecule has 40 heavy (non-hydrogen) atoms. The number of aromatic nitrogens is 2. The fourth-order valence-electron chi connectivity index (χ4n) is 4.67. The third-order valence-electron chi connectivity index (χ3n) is 6.69. The van der Waals surface area contributed by atoms with Crippen LogP contribution < -0.4 is 25.1 Å². The number of H-pyrrole nitrogens is 1. The maximum absolute atomic E-state index is 12.8. The molecule has 2 aromatic carbocycles. The number of para-hydroxylation sites is 2. The van der Waals surface area contributed by atoms with Crippen molar-refractivity contribution in [2.45, 2.75) is 32.8 Å². The van der Waals surface area contributed by atoms with Gasteiger partial charge in [-0.05, 0) is 61.1 Å². The standard InChI is InChI=1S/C29H29N3O7S/c1-16-8-10-18-23(12-16)40-28-26(18)27(34)31-24(32-28)14-39-29(35)17-9-11-21(22(13-17)37-3)38-15-25(33)30-19-6-4-5-7-20(19)36-2/h4-7,9,11,13,16H,8,10,12,14-15H2,1-3H3,(H,30,33)(H,31,32,34)/t16-/m0/s1. The van der Waals surface area contributed by atoms with Crippen LogP contribution in [0.5, 0.6) is 17.2 Å². The second-order valence-corrected chi connectivity index (χ2v) is 10.6. The largest absolute Gasteiger partial charge is 0.495 e. The van der Waals surface area contributed by atoms with E-state index in [4.69, 9.17) is 18.9 Å². The van der Waals surface area contributed by atoms with Gasteiger partial charge < -0.3 is 29.2 Å². The zero-order chi connectivity index (χ0) is 28.2. The average Bonchev–Trinajstić information content (AvgIpc) is 3.32. The highest BCUT2D eigenvalue weighted by atomic mass is 32.1. The zero-order valence-corrected chi connectivity index (χ0v) is 23.2. The fraction of sp³-hybridized carbons (Fsp3) is 0.310. The minimum Gasteiger partial charge on any atom is -0.495 e. The zero-order valence-electron chi connectivity index (χ0n) is 22.4. The lowest BCUT2D eigenvalue weighted by atomic mass is 9.89. The molecule has 0 saturated carbocycles. The maximum atomic E-state index is 12.8. The van der Waals surface area contributed by atoms with Gasteiger partial charge in [-0.1, -0.05) is 19.1 Å². The number of anilines is 1. The van der Waals surface area contributed by atoms with Crippen LogP contribution in [-0.2, 0) is 29.0 Å². The summed E-state index contributed by atoms with van der Waals surface area (Å²) in [7, 11) is 2.95. The Labute approximate surface area is 234 Å². The first-order valence-electron chi connectivity index (χ1n) is 12.8. The van der Waals surface area contributed by atoms with E-state index >= 15 is 0 Å². The molecule has 1 atom stereocenters. The Bertz CT molecular complexity index is 1630. The van der Waals surface area contributed by atoms with E-state index in [1.165, 1.54) is 37.3 Å². The van der Waals surface area contributed by atoms with Crippen LogP contribution in [-0.4, -0.2) is 42.7 Å². The first kappa shape index (κ1) is 27.2. The van der Waals surface area contributed by atoms with Gasteiger partial charge in [0.1, 0.15) is 23.0 Å². The summed E-state index contributed by atoms with van der Waals surface area (Å²) in [5, 5.41) is 3.38. The highest BCUT2D eigenvalue weighted by Crippen LogP contribution is 2.35. The number of hydrogen-bond donors (Lipinski definition) is 2. The SMILES string of the molecule is COc1ccccc1NC(=O)COc1ccc(C(=O)OCc2nc3sc4c(c3c(=O)[nH]2)CC[C@H](C)C4)cc1OC. The summed E-state index contributed by atoms with van der Waals surface area (Å²) in [6, 6.07) is 11.5. The Morgan fingerprint density at radius 1 is 1.10 bits per heavy atom. The van der Waals surface area contributed by atoms with Crippen molar-refractivity contribution in [3.05, 3.63) is 74.6 Å². The van der Waals surface area contributed by atoms with Crippen LogP contribution in [0.1, 0.15) is 40.0 Å². The van der Waals surface area contributed by atoms with Gasteiger partial charge in [0.15, 0.2) is 18.1 Å². The molecule has 2 N–H and O–H groups in total. The summed E-state index contributed by atoms with van der Waals surface area (Å²) in [5.74, 6) is 0.914. The Morgan fingerprint density at radius 3 is 2.70 bits per heavy atom. The third-order valence-corrected chi connectivity index (χ3v) is 7.84. The highest BCUT2D eigenvalue weighted by Gasteiger charge is 2.23. The van der Waals surface area contributed by atoms with E-state index in [0.717, 1.165) is 24.8 Å². The molecule has 0 aliphatic heterocycles. The topological polar surface area (TPSA) is 129 Å². The second kappa shape index (κ2) is 11.8. The number of nitrogens with one attached hydrogen (secondary N) is 2. The minimum absolute atomic E-state index is 0.188. The van der Waals surface area contributed by atoms with Gasteiger partial charge in [0.05, 0.1) is 30.9 Å². The molecule has 11 heteroatoms. The maximum Gasteiger partial charge on any atom is 0.338 e. The van der Waals surface area contributed by atoms with Crippen molar-refractivity contribution in [1.82, 2.24) is 9.97 Å². The van der Waals surface area contributed by atoms with Gasteiger partial charge in [0, 0.05) is 4.88 Å². The first-order valence-corrected chi connectivity index (χ1v) is 13.6. The molecule has 0 unspecified atom stereocenters. The lowest BCUT2D eigenvalue weighted by molar-refractivity contribution is -0.118. The average molecular weight is 564 g/mol. The van der Waals surface area contributed by atoms with Crippen molar-refractivity contribution in [2.75, 3.05) is 26.1 Å². The fourth-order valence-corrected chi connectivity index (χ4v) is 6.07. The number of thiophene rings is 1. The molecule has 1 aliphatic rings. The summed E-state index contributed by atoms with van der Waals surface area (Å²) < 4.78 is 21.6. The first-order chi connectivity index (χ1) is 19.4. The van der Waals surface area contributed by atoms with E-state index in [-0.39, 0.29) is 41.7 Å². The van der Waals surface area contributed by atoms with E-state index in [0.29, 0.717) is 27.6 Å². The molecule has 4 aromatic rings. The van der Waals surface area contributed by atoms with E-state index in [1.807, 2.05) is 0 Å². The van der Waals surface area contributed by atoms with Gasteiger partial charge in [-0.2, -0.15) is 0 Å². The van der Waals surface area contributed by atoms with Crippen LogP contribution in [0.25, 0.3) is 10.2 Å². The smallest absolute Gasteiger partial charge is 0.338 e. The predicted octanol–water partition coefficient (Wildman–Crippen LogP) is 4.50. The van der Waals surface area contributed by atoms with Crippen LogP contribution >= 0.6 is 11.3 Å². The quantitative estimate of drug-likeness (QED) is 0.285. The van der Waals surface area contributed by atoms with Crippen molar-refractivity contribution in [3.8, 4) is 17.2 Å². The van der Waals surface area contributed by atoms with Crippen molar-refractivity contribution in [2.24, 2.45) is 5.92 Å². The number of carbonyl (C=O) groups excluding carboxylic acids is 2. The number of benzene rings is 2. The lowest BCUT2D eigenvalue weighted by Gasteiger charge is -2.17. The number of methoxy groups -OCH3 is 2. The second-order valence-electron chi connectivity index (χ2n) is 9.52. The molecule has 5 rings (SSSR count). The molecule has 0 radical (unpaired) electrons. The number of fused-ring (bicyclic) bond motifs is 3. The predicted molar refractivity (Wildman–Crippen MR) is 151 cm³/mol. The Morgan fingerprint density at radius 2 is 1.90 bits per heavy atom. The van der Waals surface area contributed by atoms with Crippen molar-refractivity contribution < 1.29 is 28.5 Å². The van der Waals surface area contributed by atoms with Crippen LogP contribution in [0.4, 0.5) is 5.69 Å². The number of ether oxygens (including phenoxy) is 4. The minimum atomic E-state index is -0.624. The van der Waals surface area contributed by atoms with Gasteiger partial charge >= 0.3 is 5.97 Å². The number of esters is 1. The van der Waals surface area contributed by atoms with E-state index in [1.54, 1.807) is 35.6 Å². The molecule has 1 amide bonds. The lowest BCUT2D eigenvalue weighted by Crippen LogP contribution is -2.20. The van der Waals surface area contributed by atoms with Crippen molar-refractivity contribution in [3.63, 3.8) is 0 Å². The Hall–Kier alpha value is -4.38. The van der Waals surface area contributed by atoms with E-state index in [2.05, 4.69) is 22.2 Å². The molecular formula is C29H29N3O7S. The van der Waals surface area contributed by atoms with Gasteiger partial charge in [-0.15, -0.1) is 11.3 Å². The number of rotatable bonds is 9. The van der Waals surface area contributed by atoms with Gasteiger partial charge in [0.25, 0.3) is 11.5 Å². The van der Waals surface area contributed by atoms with Gasteiger partial charge in [-0.25, -0.2) is 9.78 Å². The molecule has 0 saturated heterocycles. The molecule has 10 nitrogen and oxygen atoms in total. The van der Waals surface area contributed by atoms with Crippen molar-refractivity contribution >= 4 is 39.1 Å². The van der Waals surface area contributed by atoms with E-state index in [9.17, 15) is 14.4 Å². The van der Waals surface area contributed by atoms with Crippen LogP contribution in [0.2, 0.25) is 0 Å². The summed E-state index contributed by atoms with van der Waals surface area (Å²) in [6.07, 6.45) is 2.89. The van der Waals surface area contributed by atoms with Crippen LogP contribution in [0, 0.1) is 5.92 Å². The molecule has 208 valence electrons. The Kier molecular flexibility index (Phi) is 8.01. The summed E-state index contributed by atoms with van der Waals surface area (Å²) in [4.78, 5) is 47.2. The molecule has 0 fully saturated rings. The number of nitrogens with zero attached hydrogens (tertiary/aromatic N) is 1. The number of aryl methyl sites for hydroxylation is 1. The van der Waals surface area contributed by atoms with Gasteiger partial charge in [0.2, 0.25) is 0 Å². The van der Waals surface area contributed by atoms with Gasteiger partial charge in [-0.3, -0.25) is 9.59 Å². The third kappa shape index (κ3) is 5.79. The molecule has 2 aromatic heterocycles. The molecular weight excluding hydrogens is 534 g/mol. The molecule has 0 spiro atoms. The summed E-state index contributed by atoms with van der Waals surface area (Å²) in [5.41, 5.74) is 1.63. The van der Waals surface area contributed by atoms with Crippen molar-refractivity contribution in [1.29, 1.82) is 0 Å². The summed E-state index contributed by atoms with van der Waals surface area (Å²) in [6.45, 7) is 1.74. The number of carbonyl (C=O) groups is 2. The molecule has 2 heterocycles. The van der Waals surface area contributed by atoms with Crippen LogP contribution in [0.15, 0.2) is 47.3 Å². The normalized spacial score (nSPS) is 14.3. The number of amides is 1.